The van der Waals surface area contributed by atoms with Crippen LogP contribution in [0, 0.1) is 17.8 Å². The van der Waals surface area contributed by atoms with Gasteiger partial charge in [-0.2, -0.15) is 23.1 Å². The van der Waals surface area contributed by atoms with E-state index < -0.39 is 32.7 Å². The third-order valence-corrected chi connectivity index (χ3v) is 2.08. The second kappa shape index (κ2) is 2.95. The predicted molar refractivity (Wildman–Crippen MR) is 35.0 cm³/mol. The average Bonchev–Trinajstić information content (AvgIpc) is 1.94. The van der Waals surface area contributed by atoms with Crippen LogP contribution >= 0.6 is 0 Å². The Morgan fingerprint density at radius 2 is 1.69 bits per heavy atom. The number of nitrogens with zero attached hydrogens (tertiary/aromatic N) is 2. The number of sulfone groups is 1. The van der Waals surface area contributed by atoms with Crippen molar-refractivity contribution < 1.29 is 21.6 Å². The molecule has 13 heavy (non-hydrogen) atoms. The van der Waals surface area contributed by atoms with E-state index in [-0.39, 0.29) is 0 Å². The molecule has 1 aromatic rings. The normalized spacial score (nSPS) is 11.7. The zero-order chi connectivity index (χ0) is 10.2. The van der Waals surface area contributed by atoms with Crippen molar-refractivity contribution >= 4 is 9.84 Å². The van der Waals surface area contributed by atoms with Crippen LogP contribution in [0.25, 0.3) is 0 Å². The van der Waals surface area contributed by atoms with Crippen LogP contribution in [0.15, 0.2) is 5.03 Å². The maximum Gasteiger partial charge on any atom is 0.312 e. The minimum absolute atomic E-state index is 0.581. The highest BCUT2D eigenvalue weighted by atomic mass is 32.2. The van der Waals surface area contributed by atoms with Crippen LogP contribution in [0.5, 0.6) is 0 Å². The SMILES string of the molecule is CS(=O)(=O)c1nc(F)nc(F)c1F. The van der Waals surface area contributed by atoms with E-state index in [4.69, 9.17) is 0 Å². The molecule has 72 valence electrons. The molecule has 0 bridgehead atoms. The van der Waals surface area contributed by atoms with Gasteiger partial charge in [0.2, 0.25) is 5.82 Å². The standard InChI is InChI=1S/C5H3F3N2O2S/c1-13(11,12)4-2(6)3(7)9-5(8)10-4/h1H3. The van der Waals surface area contributed by atoms with E-state index in [9.17, 15) is 21.6 Å². The Morgan fingerprint density at radius 1 is 1.15 bits per heavy atom. The molecule has 0 amide bonds. The Morgan fingerprint density at radius 3 is 2.15 bits per heavy atom. The molecule has 0 atom stereocenters. The number of hydrogen-bond donors (Lipinski definition) is 0. The lowest BCUT2D eigenvalue weighted by molar-refractivity contribution is 0.399. The van der Waals surface area contributed by atoms with Gasteiger partial charge in [0.1, 0.15) is 0 Å². The molecular weight excluding hydrogens is 209 g/mol. The minimum atomic E-state index is -4.08. The van der Waals surface area contributed by atoms with Gasteiger partial charge >= 0.3 is 6.08 Å². The lowest BCUT2D eigenvalue weighted by Crippen LogP contribution is -2.10. The summed E-state index contributed by atoms with van der Waals surface area (Å²) < 4.78 is 58.6. The summed E-state index contributed by atoms with van der Waals surface area (Å²) in [5, 5.41) is -1.28. The van der Waals surface area contributed by atoms with Gasteiger partial charge in [0, 0.05) is 6.26 Å². The van der Waals surface area contributed by atoms with Gasteiger partial charge in [0.15, 0.2) is 14.9 Å². The van der Waals surface area contributed by atoms with Gasteiger partial charge in [-0.05, 0) is 0 Å². The Hall–Kier alpha value is -1.18. The Bertz CT molecular complexity index is 445. The van der Waals surface area contributed by atoms with Gasteiger partial charge in [-0.3, -0.25) is 0 Å². The third kappa shape index (κ3) is 1.94. The quantitative estimate of drug-likeness (QED) is 0.496. The molecule has 0 fully saturated rings. The zero-order valence-electron chi connectivity index (χ0n) is 6.25. The van der Waals surface area contributed by atoms with E-state index in [1.165, 1.54) is 0 Å². The van der Waals surface area contributed by atoms with Crippen LogP contribution in [0.1, 0.15) is 0 Å². The number of hydrogen-bond acceptors (Lipinski definition) is 4. The van der Waals surface area contributed by atoms with Crippen LogP contribution in [0.4, 0.5) is 13.2 Å². The summed E-state index contributed by atoms with van der Waals surface area (Å²) in [6.45, 7) is 0. The molecule has 4 nitrogen and oxygen atoms in total. The first kappa shape index (κ1) is 9.90. The summed E-state index contributed by atoms with van der Waals surface area (Å²) in [4.78, 5) is 4.99. The van der Waals surface area contributed by atoms with Crippen LogP contribution in [0.2, 0.25) is 0 Å². The topological polar surface area (TPSA) is 59.9 Å². The molecule has 0 aliphatic heterocycles. The molecule has 0 radical (unpaired) electrons. The molecular formula is C5H3F3N2O2S. The third-order valence-electron chi connectivity index (χ3n) is 1.10. The van der Waals surface area contributed by atoms with Crippen molar-refractivity contribution in [2.45, 2.75) is 5.03 Å². The van der Waals surface area contributed by atoms with Crippen molar-refractivity contribution in [2.75, 3.05) is 6.26 Å². The molecule has 0 spiro atoms. The molecule has 1 heterocycles. The lowest BCUT2D eigenvalue weighted by atomic mass is 10.6. The van der Waals surface area contributed by atoms with Crippen LogP contribution in [-0.4, -0.2) is 24.6 Å². The largest absolute Gasteiger partial charge is 0.312 e. The van der Waals surface area contributed by atoms with Crippen molar-refractivity contribution in [2.24, 2.45) is 0 Å². The highest BCUT2D eigenvalue weighted by Crippen LogP contribution is 2.12. The molecule has 0 aliphatic rings. The Balaban J connectivity index is 3.56. The Kier molecular flexibility index (Phi) is 2.24. The summed E-state index contributed by atoms with van der Waals surface area (Å²) in [5.41, 5.74) is 0. The first-order valence-electron chi connectivity index (χ1n) is 2.91. The molecule has 8 heteroatoms. The molecule has 1 rings (SSSR count). The van der Waals surface area contributed by atoms with Crippen LogP contribution in [-0.2, 0) is 9.84 Å². The fourth-order valence-electron chi connectivity index (χ4n) is 0.622. The molecule has 0 aromatic carbocycles. The average molecular weight is 212 g/mol. The maximum atomic E-state index is 12.6. The van der Waals surface area contributed by atoms with Crippen LogP contribution < -0.4 is 0 Å². The van der Waals surface area contributed by atoms with E-state index in [0.717, 1.165) is 0 Å². The fraction of sp³-hybridized carbons (Fsp3) is 0.200. The van der Waals surface area contributed by atoms with Gasteiger partial charge < -0.3 is 0 Å². The second-order valence-electron chi connectivity index (χ2n) is 2.17. The van der Waals surface area contributed by atoms with Crippen molar-refractivity contribution in [1.29, 1.82) is 0 Å². The van der Waals surface area contributed by atoms with Gasteiger partial charge in [0.25, 0.3) is 5.95 Å². The van der Waals surface area contributed by atoms with Crippen molar-refractivity contribution in [1.82, 2.24) is 9.97 Å². The van der Waals surface area contributed by atoms with Crippen molar-refractivity contribution in [3.05, 3.63) is 17.8 Å². The summed E-state index contributed by atoms with van der Waals surface area (Å²) in [7, 11) is -4.08. The fourth-order valence-corrected chi connectivity index (χ4v) is 1.27. The lowest BCUT2D eigenvalue weighted by Gasteiger charge is -1.98. The first-order chi connectivity index (χ1) is 5.82. The summed E-state index contributed by atoms with van der Waals surface area (Å²) in [6.07, 6.45) is -1.04. The van der Waals surface area contributed by atoms with E-state index in [0.29, 0.717) is 6.26 Å². The zero-order valence-corrected chi connectivity index (χ0v) is 7.07. The van der Waals surface area contributed by atoms with E-state index in [1.54, 1.807) is 0 Å². The summed E-state index contributed by atoms with van der Waals surface area (Å²) in [5.74, 6) is -3.60. The van der Waals surface area contributed by atoms with Crippen LogP contribution in [0.3, 0.4) is 0 Å². The molecule has 0 unspecified atom stereocenters. The summed E-state index contributed by atoms with van der Waals surface area (Å²) >= 11 is 0. The molecule has 0 aliphatic carbocycles. The Labute approximate surface area is 71.4 Å². The highest BCUT2D eigenvalue weighted by molar-refractivity contribution is 7.90. The molecule has 0 saturated heterocycles. The number of rotatable bonds is 1. The van der Waals surface area contributed by atoms with Crippen molar-refractivity contribution in [3.63, 3.8) is 0 Å². The van der Waals surface area contributed by atoms with E-state index in [2.05, 4.69) is 9.97 Å². The summed E-state index contributed by atoms with van der Waals surface area (Å²) in [6, 6.07) is 0. The van der Waals surface area contributed by atoms with E-state index in [1.807, 2.05) is 0 Å². The smallest absolute Gasteiger partial charge is 0.222 e. The monoisotopic (exact) mass is 212 g/mol. The highest BCUT2D eigenvalue weighted by Gasteiger charge is 2.22. The maximum absolute atomic E-state index is 12.6. The van der Waals surface area contributed by atoms with Gasteiger partial charge in [-0.15, -0.1) is 0 Å². The number of halogens is 3. The van der Waals surface area contributed by atoms with Gasteiger partial charge in [-0.25, -0.2) is 8.42 Å². The minimum Gasteiger partial charge on any atom is -0.222 e. The molecule has 1 aromatic heterocycles. The predicted octanol–water partition coefficient (Wildman–Crippen LogP) is 0.297. The van der Waals surface area contributed by atoms with Crippen molar-refractivity contribution in [3.8, 4) is 0 Å². The second-order valence-corrected chi connectivity index (χ2v) is 4.11. The van der Waals surface area contributed by atoms with Gasteiger partial charge in [0.05, 0.1) is 0 Å². The van der Waals surface area contributed by atoms with E-state index >= 15 is 0 Å². The molecule has 0 N–H and O–H groups in total. The molecule has 0 saturated carbocycles. The number of aromatic nitrogens is 2. The first-order valence-corrected chi connectivity index (χ1v) is 4.80. The van der Waals surface area contributed by atoms with Gasteiger partial charge in [-0.1, -0.05) is 0 Å².